The minimum Gasteiger partial charge on any atom is -0.387 e. The second-order valence-electron chi connectivity index (χ2n) is 3.82. The van der Waals surface area contributed by atoms with Crippen molar-refractivity contribution >= 4 is 34.7 Å². The van der Waals surface area contributed by atoms with Crippen molar-refractivity contribution in [3.63, 3.8) is 0 Å². The highest BCUT2D eigenvalue weighted by atomic mass is 35.5. The predicted molar refractivity (Wildman–Crippen MR) is 64.4 cm³/mol. The number of halogens is 1. The summed E-state index contributed by atoms with van der Waals surface area (Å²) < 4.78 is 0.691. The van der Waals surface area contributed by atoms with Crippen molar-refractivity contribution in [2.75, 3.05) is 5.75 Å². The number of aliphatic hydroxyl groups is 1. The maximum atomic E-state index is 10.3. The van der Waals surface area contributed by atoms with Crippen molar-refractivity contribution in [1.29, 1.82) is 0 Å². The number of hydrogen-bond donors (Lipinski definition) is 1. The van der Waals surface area contributed by atoms with Crippen molar-refractivity contribution < 1.29 is 5.11 Å². The molecule has 0 amide bonds. The monoisotopic (exact) mass is 248 g/mol. The minimum atomic E-state index is -0.422. The normalized spacial score (nSPS) is 29.4. The number of rotatable bonds is 2. The van der Waals surface area contributed by atoms with E-state index in [0.717, 1.165) is 22.1 Å². The van der Waals surface area contributed by atoms with E-state index in [2.05, 4.69) is 6.92 Å². The summed E-state index contributed by atoms with van der Waals surface area (Å²) in [6, 6.07) is 1.93. The Morgan fingerprint density at radius 3 is 2.93 bits per heavy atom. The number of hydrogen-bond acceptors (Lipinski definition) is 3. The summed E-state index contributed by atoms with van der Waals surface area (Å²) in [6.45, 7) is 2.13. The fourth-order valence-electron chi connectivity index (χ4n) is 1.84. The zero-order valence-corrected chi connectivity index (χ0v) is 10.4. The van der Waals surface area contributed by atoms with Crippen molar-refractivity contribution in [3.05, 3.63) is 21.3 Å². The Labute approximate surface area is 97.5 Å². The van der Waals surface area contributed by atoms with Gasteiger partial charge in [-0.1, -0.05) is 11.6 Å². The lowest BCUT2D eigenvalue weighted by Crippen LogP contribution is -2.25. The van der Waals surface area contributed by atoms with E-state index in [-0.39, 0.29) is 4.75 Å². The summed E-state index contributed by atoms with van der Waals surface area (Å²) in [4.78, 5) is 0. The lowest BCUT2D eigenvalue weighted by atomic mass is 9.94. The second kappa shape index (κ2) is 4.05. The van der Waals surface area contributed by atoms with Crippen LogP contribution in [0.2, 0.25) is 4.34 Å². The van der Waals surface area contributed by atoms with Crippen LogP contribution in [0.15, 0.2) is 11.4 Å². The molecule has 0 spiro atoms. The summed E-state index contributed by atoms with van der Waals surface area (Å²) in [5.41, 5.74) is 0.897. The molecule has 2 unspecified atom stereocenters. The molecule has 0 bridgehead atoms. The van der Waals surface area contributed by atoms with Gasteiger partial charge < -0.3 is 5.11 Å². The van der Waals surface area contributed by atoms with Gasteiger partial charge in [0.2, 0.25) is 0 Å². The Bertz CT molecular complexity index is 318. The van der Waals surface area contributed by atoms with Crippen LogP contribution in [0.4, 0.5) is 0 Å². The Hall–Kier alpha value is 0.300. The molecule has 78 valence electrons. The molecule has 1 saturated heterocycles. The molecule has 4 heteroatoms. The van der Waals surface area contributed by atoms with Gasteiger partial charge in [-0.2, -0.15) is 11.8 Å². The molecule has 0 aromatic carbocycles. The van der Waals surface area contributed by atoms with Gasteiger partial charge in [-0.15, -0.1) is 11.3 Å². The first kappa shape index (κ1) is 10.8. The maximum absolute atomic E-state index is 10.3. The number of thioether (sulfide) groups is 1. The molecule has 1 nitrogen and oxygen atoms in total. The molecule has 1 aromatic heterocycles. The van der Waals surface area contributed by atoms with Crippen LogP contribution in [-0.4, -0.2) is 15.6 Å². The minimum absolute atomic E-state index is 0.0370. The fraction of sp³-hybridized carbons (Fsp3) is 0.600. The van der Waals surface area contributed by atoms with E-state index in [1.807, 2.05) is 23.2 Å². The molecule has 0 saturated carbocycles. The van der Waals surface area contributed by atoms with E-state index < -0.39 is 6.10 Å². The Kier molecular flexibility index (Phi) is 3.12. The highest BCUT2D eigenvalue weighted by Gasteiger charge is 2.38. The van der Waals surface area contributed by atoms with E-state index in [1.165, 1.54) is 17.8 Å². The van der Waals surface area contributed by atoms with Crippen LogP contribution in [0, 0.1) is 0 Å². The molecular formula is C10H13ClOS2. The van der Waals surface area contributed by atoms with Gasteiger partial charge in [0.15, 0.2) is 0 Å². The third kappa shape index (κ3) is 1.83. The molecule has 0 radical (unpaired) electrons. The van der Waals surface area contributed by atoms with Crippen molar-refractivity contribution in [3.8, 4) is 0 Å². The molecule has 0 aliphatic carbocycles. The summed E-state index contributed by atoms with van der Waals surface area (Å²) >= 11 is 9.37. The van der Waals surface area contributed by atoms with Crippen LogP contribution in [0.3, 0.4) is 0 Å². The van der Waals surface area contributed by atoms with Crippen LogP contribution in [0.5, 0.6) is 0 Å². The van der Waals surface area contributed by atoms with Crippen LogP contribution in [-0.2, 0) is 0 Å². The summed E-state index contributed by atoms with van der Waals surface area (Å²) in [5.74, 6) is 1.15. The van der Waals surface area contributed by atoms with E-state index in [9.17, 15) is 5.11 Å². The molecule has 1 aliphatic rings. The molecule has 2 rings (SSSR count). The quantitative estimate of drug-likeness (QED) is 0.861. The van der Waals surface area contributed by atoms with Gasteiger partial charge in [-0.25, -0.2) is 0 Å². The van der Waals surface area contributed by atoms with E-state index >= 15 is 0 Å². The lowest BCUT2D eigenvalue weighted by Gasteiger charge is -2.28. The molecule has 1 N–H and O–H groups in total. The fourth-order valence-corrected chi connectivity index (χ4v) is 4.14. The SMILES string of the molecule is CC1(C(O)c2ccsc2Cl)CCCS1. The van der Waals surface area contributed by atoms with E-state index in [1.54, 1.807) is 0 Å². The lowest BCUT2D eigenvalue weighted by molar-refractivity contribution is 0.135. The highest BCUT2D eigenvalue weighted by molar-refractivity contribution is 8.00. The first-order valence-corrected chi connectivity index (χ1v) is 6.93. The van der Waals surface area contributed by atoms with Gasteiger partial charge in [-0.3, -0.25) is 0 Å². The van der Waals surface area contributed by atoms with Gasteiger partial charge in [0.05, 0.1) is 10.4 Å². The van der Waals surface area contributed by atoms with Gasteiger partial charge in [-0.05, 0) is 37.0 Å². The Morgan fingerprint density at radius 2 is 2.43 bits per heavy atom. The zero-order valence-electron chi connectivity index (χ0n) is 8.00. The largest absolute Gasteiger partial charge is 0.387 e. The van der Waals surface area contributed by atoms with Gasteiger partial charge in [0, 0.05) is 10.3 Å². The summed E-state index contributed by atoms with van der Waals surface area (Å²) in [7, 11) is 0. The van der Waals surface area contributed by atoms with Crippen molar-refractivity contribution in [1.82, 2.24) is 0 Å². The Balaban J connectivity index is 2.23. The number of aliphatic hydroxyl groups excluding tert-OH is 1. The average Bonchev–Trinajstić information content (AvgIpc) is 2.74. The molecule has 14 heavy (non-hydrogen) atoms. The average molecular weight is 249 g/mol. The van der Waals surface area contributed by atoms with Gasteiger partial charge in [0.1, 0.15) is 0 Å². The van der Waals surface area contributed by atoms with Crippen LogP contribution >= 0.6 is 34.7 Å². The molecule has 1 fully saturated rings. The third-order valence-corrected chi connectivity index (χ3v) is 5.55. The smallest absolute Gasteiger partial charge is 0.0986 e. The summed E-state index contributed by atoms with van der Waals surface area (Å²) in [5, 5.41) is 12.2. The molecular weight excluding hydrogens is 236 g/mol. The standard InChI is InChI=1S/C10H13ClOS2/c1-10(4-2-5-14-10)8(12)7-3-6-13-9(7)11/h3,6,8,12H,2,4-5H2,1H3. The first-order valence-electron chi connectivity index (χ1n) is 4.68. The van der Waals surface area contributed by atoms with Gasteiger partial charge in [0.25, 0.3) is 0 Å². The van der Waals surface area contributed by atoms with E-state index in [0.29, 0.717) is 0 Å². The van der Waals surface area contributed by atoms with Crippen molar-refractivity contribution in [2.24, 2.45) is 0 Å². The first-order chi connectivity index (χ1) is 6.63. The Morgan fingerprint density at radius 1 is 1.64 bits per heavy atom. The number of thiophene rings is 1. The van der Waals surface area contributed by atoms with Gasteiger partial charge >= 0.3 is 0 Å². The molecule has 1 aromatic rings. The predicted octanol–water partition coefficient (Wildman–Crippen LogP) is 3.72. The van der Waals surface area contributed by atoms with Crippen LogP contribution < -0.4 is 0 Å². The second-order valence-corrected chi connectivity index (χ2v) is 6.96. The highest BCUT2D eigenvalue weighted by Crippen LogP contribution is 2.48. The van der Waals surface area contributed by atoms with Crippen LogP contribution in [0.25, 0.3) is 0 Å². The zero-order chi connectivity index (χ0) is 10.2. The molecule has 2 heterocycles. The molecule has 2 atom stereocenters. The van der Waals surface area contributed by atoms with E-state index in [4.69, 9.17) is 11.6 Å². The molecule has 1 aliphatic heterocycles. The topological polar surface area (TPSA) is 20.2 Å². The van der Waals surface area contributed by atoms with Crippen molar-refractivity contribution in [2.45, 2.75) is 30.6 Å². The third-order valence-electron chi connectivity index (χ3n) is 2.77. The van der Waals surface area contributed by atoms with Crippen LogP contribution in [0.1, 0.15) is 31.4 Å². The summed E-state index contributed by atoms with van der Waals surface area (Å²) in [6.07, 6.45) is 1.85. The maximum Gasteiger partial charge on any atom is 0.0986 e.